The van der Waals surface area contributed by atoms with Gasteiger partial charge in [-0.15, -0.1) is 0 Å². The maximum absolute atomic E-state index is 13.0. The van der Waals surface area contributed by atoms with Crippen LogP contribution in [-0.2, 0) is 20.7 Å². The van der Waals surface area contributed by atoms with Gasteiger partial charge in [0, 0.05) is 30.3 Å². The van der Waals surface area contributed by atoms with Crippen LogP contribution in [0.1, 0.15) is 24.8 Å². The molecule has 2 N–H and O–H groups in total. The zero-order valence-electron chi connectivity index (χ0n) is 15.2. The normalized spacial score (nSPS) is 26.4. The third-order valence-electron chi connectivity index (χ3n) is 5.47. The Kier molecular flexibility index (Phi) is 5.63. The Morgan fingerprint density at radius 3 is 2.89 bits per heavy atom. The van der Waals surface area contributed by atoms with Crippen molar-refractivity contribution in [1.82, 2.24) is 15.5 Å². The first-order valence-corrected chi connectivity index (χ1v) is 9.94. The number of carbonyl (C=O) groups is 2. The summed E-state index contributed by atoms with van der Waals surface area (Å²) in [5.74, 6) is -0.0243. The van der Waals surface area contributed by atoms with Crippen molar-refractivity contribution in [3.8, 4) is 0 Å². The number of amides is 2. The number of nitrogens with zero attached hydrogens (tertiary/aromatic N) is 2. The SMILES string of the molecule is O=C1CC(N2CCOCC2)NC(CC(=O)N2CCCc3c(Cl)cccc32)N1. The van der Waals surface area contributed by atoms with Crippen LogP contribution in [0.25, 0.3) is 0 Å². The predicted octanol–water partition coefficient (Wildman–Crippen LogP) is 1.10. The molecule has 0 aromatic heterocycles. The first-order valence-electron chi connectivity index (χ1n) is 9.57. The minimum Gasteiger partial charge on any atom is -0.379 e. The summed E-state index contributed by atoms with van der Waals surface area (Å²) in [5, 5.41) is 7.04. The average molecular weight is 393 g/mol. The molecular weight excluding hydrogens is 368 g/mol. The van der Waals surface area contributed by atoms with E-state index in [1.54, 1.807) is 4.90 Å². The van der Waals surface area contributed by atoms with E-state index in [4.69, 9.17) is 16.3 Å². The third-order valence-corrected chi connectivity index (χ3v) is 5.82. The molecule has 2 unspecified atom stereocenters. The van der Waals surface area contributed by atoms with Crippen molar-refractivity contribution in [2.75, 3.05) is 37.7 Å². The molecule has 8 heteroatoms. The summed E-state index contributed by atoms with van der Waals surface area (Å²) in [7, 11) is 0. The van der Waals surface area contributed by atoms with Crippen LogP contribution >= 0.6 is 11.6 Å². The lowest BCUT2D eigenvalue weighted by molar-refractivity contribution is -0.128. The van der Waals surface area contributed by atoms with Gasteiger partial charge in [0.15, 0.2) is 0 Å². The van der Waals surface area contributed by atoms with Crippen LogP contribution in [0.15, 0.2) is 18.2 Å². The third kappa shape index (κ3) is 4.11. The Balaban J connectivity index is 1.43. The number of hydrogen-bond acceptors (Lipinski definition) is 5. The van der Waals surface area contributed by atoms with Crippen molar-refractivity contribution in [3.63, 3.8) is 0 Å². The molecule has 2 fully saturated rings. The molecule has 4 rings (SSSR count). The number of halogens is 1. The monoisotopic (exact) mass is 392 g/mol. The molecule has 0 aliphatic carbocycles. The van der Waals surface area contributed by atoms with Crippen molar-refractivity contribution in [1.29, 1.82) is 0 Å². The Morgan fingerprint density at radius 1 is 1.26 bits per heavy atom. The summed E-state index contributed by atoms with van der Waals surface area (Å²) in [6.45, 7) is 3.62. The van der Waals surface area contributed by atoms with Gasteiger partial charge in [0.1, 0.15) is 0 Å². The molecule has 3 heterocycles. The van der Waals surface area contributed by atoms with Gasteiger partial charge in [0.2, 0.25) is 11.8 Å². The highest BCUT2D eigenvalue weighted by molar-refractivity contribution is 6.31. The summed E-state index contributed by atoms with van der Waals surface area (Å²) in [6, 6.07) is 5.69. The number of carbonyl (C=O) groups excluding carboxylic acids is 2. The van der Waals surface area contributed by atoms with Crippen molar-refractivity contribution >= 4 is 29.1 Å². The molecule has 146 valence electrons. The highest BCUT2D eigenvalue weighted by Crippen LogP contribution is 2.33. The fourth-order valence-corrected chi connectivity index (χ4v) is 4.39. The summed E-state index contributed by atoms with van der Waals surface area (Å²) >= 11 is 6.31. The molecule has 3 aliphatic heterocycles. The summed E-state index contributed by atoms with van der Waals surface area (Å²) in [6.07, 6.45) is 1.98. The molecule has 3 aliphatic rings. The number of nitrogens with one attached hydrogen (secondary N) is 2. The Hall–Kier alpha value is -1.67. The zero-order valence-corrected chi connectivity index (χ0v) is 16.0. The maximum Gasteiger partial charge on any atom is 0.230 e. The summed E-state index contributed by atoms with van der Waals surface area (Å²) in [4.78, 5) is 29.2. The van der Waals surface area contributed by atoms with Crippen LogP contribution in [-0.4, -0.2) is 61.9 Å². The van der Waals surface area contributed by atoms with E-state index in [0.29, 0.717) is 31.2 Å². The first kappa shape index (κ1) is 18.7. The van der Waals surface area contributed by atoms with Gasteiger partial charge >= 0.3 is 0 Å². The Labute approximate surface area is 164 Å². The number of hydrogen-bond donors (Lipinski definition) is 2. The summed E-state index contributed by atoms with van der Waals surface area (Å²) < 4.78 is 5.39. The van der Waals surface area contributed by atoms with Crippen molar-refractivity contribution in [2.24, 2.45) is 0 Å². The van der Waals surface area contributed by atoms with E-state index in [2.05, 4.69) is 15.5 Å². The number of morpholine rings is 1. The molecule has 0 bridgehead atoms. The maximum atomic E-state index is 13.0. The number of rotatable bonds is 3. The van der Waals surface area contributed by atoms with Crippen LogP contribution in [0.5, 0.6) is 0 Å². The van der Waals surface area contributed by atoms with Crippen LogP contribution in [0, 0.1) is 0 Å². The Bertz CT molecular complexity index is 723. The minimum atomic E-state index is -0.365. The Morgan fingerprint density at radius 2 is 2.07 bits per heavy atom. The second-order valence-electron chi connectivity index (χ2n) is 7.25. The molecule has 2 saturated heterocycles. The highest BCUT2D eigenvalue weighted by atomic mass is 35.5. The van der Waals surface area contributed by atoms with E-state index in [1.807, 2.05) is 18.2 Å². The van der Waals surface area contributed by atoms with Gasteiger partial charge < -0.3 is 15.0 Å². The lowest BCUT2D eigenvalue weighted by atomic mass is 10.0. The molecule has 1 aromatic rings. The molecule has 2 atom stereocenters. The molecule has 27 heavy (non-hydrogen) atoms. The van der Waals surface area contributed by atoms with Crippen molar-refractivity contribution < 1.29 is 14.3 Å². The molecule has 2 amide bonds. The number of benzene rings is 1. The smallest absolute Gasteiger partial charge is 0.230 e. The average Bonchev–Trinajstić information content (AvgIpc) is 2.68. The van der Waals surface area contributed by atoms with E-state index < -0.39 is 0 Å². The second-order valence-corrected chi connectivity index (χ2v) is 7.65. The van der Waals surface area contributed by atoms with Gasteiger partial charge in [-0.05, 0) is 30.5 Å². The van der Waals surface area contributed by atoms with E-state index in [0.717, 1.165) is 37.2 Å². The lowest BCUT2D eigenvalue weighted by Gasteiger charge is -2.40. The van der Waals surface area contributed by atoms with Crippen LogP contribution in [0.4, 0.5) is 5.69 Å². The number of ether oxygens (including phenoxy) is 1. The number of anilines is 1. The summed E-state index contributed by atoms with van der Waals surface area (Å²) in [5.41, 5.74) is 1.93. The highest BCUT2D eigenvalue weighted by Gasteiger charge is 2.33. The van der Waals surface area contributed by atoms with Crippen LogP contribution in [0.3, 0.4) is 0 Å². The van der Waals surface area contributed by atoms with Crippen molar-refractivity contribution in [3.05, 3.63) is 28.8 Å². The van der Waals surface area contributed by atoms with Crippen LogP contribution < -0.4 is 15.5 Å². The predicted molar refractivity (Wildman–Crippen MR) is 103 cm³/mol. The molecular formula is C19H25ClN4O3. The van der Waals surface area contributed by atoms with Crippen molar-refractivity contribution in [2.45, 2.75) is 38.0 Å². The van der Waals surface area contributed by atoms with Gasteiger partial charge in [0.25, 0.3) is 0 Å². The van der Waals surface area contributed by atoms with E-state index in [9.17, 15) is 9.59 Å². The molecule has 0 radical (unpaired) electrons. The van der Waals surface area contributed by atoms with Gasteiger partial charge in [0.05, 0.1) is 38.4 Å². The van der Waals surface area contributed by atoms with Gasteiger partial charge in [-0.2, -0.15) is 0 Å². The molecule has 7 nitrogen and oxygen atoms in total. The van der Waals surface area contributed by atoms with Gasteiger partial charge in [-0.25, -0.2) is 0 Å². The quantitative estimate of drug-likeness (QED) is 0.806. The minimum absolute atomic E-state index is 0.00126. The topological polar surface area (TPSA) is 73.9 Å². The number of fused-ring (bicyclic) bond motifs is 1. The van der Waals surface area contributed by atoms with E-state index in [-0.39, 0.29) is 30.6 Å². The van der Waals surface area contributed by atoms with Gasteiger partial charge in [-0.3, -0.25) is 19.8 Å². The van der Waals surface area contributed by atoms with E-state index in [1.165, 1.54) is 0 Å². The largest absolute Gasteiger partial charge is 0.379 e. The lowest BCUT2D eigenvalue weighted by Crippen LogP contribution is -2.64. The zero-order chi connectivity index (χ0) is 18.8. The fraction of sp³-hybridized carbons (Fsp3) is 0.579. The standard InChI is InChI=1S/C19H25ClN4O3/c20-14-4-1-5-15-13(14)3-2-6-24(15)19(26)11-16-21-17(12-18(25)22-16)23-7-9-27-10-8-23/h1,4-5,16-17,21H,2-3,6-12H2,(H,22,25). The molecule has 1 aromatic carbocycles. The second kappa shape index (κ2) is 8.14. The van der Waals surface area contributed by atoms with E-state index >= 15 is 0 Å². The first-order chi connectivity index (χ1) is 13.1. The van der Waals surface area contributed by atoms with Crippen LogP contribution in [0.2, 0.25) is 5.02 Å². The fourth-order valence-electron chi connectivity index (χ4n) is 4.12. The molecule has 0 saturated carbocycles. The molecule has 0 spiro atoms. The van der Waals surface area contributed by atoms with Gasteiger partial charge in [-0.1, -0.05) is 17.7 Å².